The molecule has 2 fully saturated rings. The van der Waals surface area contributed by atoms with E-state index in [9.17, 15) is 9.90 Å². The van der Waals surface area contributed by atoms with Crippen molar-refractivity contribution in [3.05, 3.63) is 0 Å². The Morgan fingerprint density at radius 1 is 1.47 bits per heavy atom. The fraction of sp³-hybridized carbons (Fsp3) is 0.909. The van der Waals surface area contributed by atoms with Gasteiger partial charge in [0.1, 0.15) is 0 Å². The van der Waals surface area contributed by atoms with Crippen LogP contribution in [-0.2, 0) is 4.79 Å². The second-order valence-corrected chi connectivity index (χ2v) is 5.70. The Hall–Kier alpha value is -0.610. The molecule has 0 aromatic heterocycles. The summed E-state index contributed by atoms with van der Waals surface area (Å²) < 4.78 is 0. The first-order valence-electron chi connectivity index (χ1n) is 5.55. The van der Waals surface area contributed by atoms with Gasteiger partial charge in [-0.25, -0.2) is 5.01 Å². The third kappa shape index (κ3) is 1.76. The molecule has 1 aliphatic heterocycles. The third-order valence-electron chi connectivity index (χ3n) is 3.65. The summed E-state index contributed by atoms with van der Waals surface area (Å²) in [5.41, 5.74) is -0.0764. The molecule has 1 amide bonds. The van der Waals surface area contributed by atoms with Gasteiger partial charge >= 0.3 is 0 Å². The summed E-state index contributed by atoms with van der Waals surface area (Å²) in [5.74, 6) is 0.205. The number of nitrogens with zero attached hydrogens (tertiary/aromatic N) is 2. The fourth-order valence-electron chi connectivity index (χ4n) is 2.20. The molecule has 0 bridgehead atoms. The van der Waals surface area contributed by atoms with E-state index in [1.807, 2.05) is 25.9 Å². The van der Waals surface area contributed by atoms with Gasteiger partial charge in [-0.2, -0.15) is 0 Å². The van der Waals surface area contributed by atoms with Crippen molar-refractivity contribution in [2.75, 3.05) is 20.2 Å². The maximum absolute atomic E-state index is 11.8. The van der Waals surface area contributed by atoms with E-state index in [1.54, 1.807) is 0 Å². The smallest absolute Gasteiger partial charge is 0.238 e. The molecule has 1 saturated carbocycles. The highest BCUT2D eigenvalue weighted by Gasteiger charge is 2.56. The first-order chi connectivity index (χ1) is 6.90. The van der Waals surface area contributed by atoms with Crippen LogP contribution in [0, 0.1) is 5.41 Å². The van der Waals surface area contributed by atoms with E-state index >= 15 is 0 Å². The highest BCUT2D eigenvalue weighted by atomic mass is 16.3. The molecule has 2 aliphatic rings. The molecule has 1 aliphatic carbocycles. The van der Waals surface area contributed by atoms with Gasteiger partial charge in [-0.05, 0) is 12.8 Å². The van der Waals surface area contributed by atoms with Crippen LogP contribution in [0.4, 0.5) is 0 Å². The van der Waals surface area contributed by atoms with Crippen molar-refractivity contribution < 1.29 is 9.90 Å². The first-order valence-corrected chi connectivity index (χ1v) is 5.55. The van der Waals surface area contributed by atoms with E-state index in [2.05, 4.69) is 5.01 Å². The number of hydrogen-bond donors (Lipinski definition) is 1. The molecule has 1 saturated heterocycles. The van der Waals surface area contributed by atoms with Crippen molar-refractivity contribution in [2.45, 2.75) is 38.6 Å². The van der Waals surface area contributed by atoms with Gasteiger partial charge in [0.25, 0.3) is 0 Å². The highest BCUT2D eigenvalue weighted by Crippen LogP contribution is 2.49. The number of hydrogen-bond acceptors (Lipinski definition) is 3. The van der Waals surface area contributed by atoms with E-state index in [0.29, 0.717) is 13.0 Å². The van der Waals surface area contributed by atoms with Gasteiger partial charge in [-0.15, -0.1) is 0 Å². The molecule has 1 heterocycles. The lowest BCUT2D eigenvalue weighted by atomic mass is 9.95. The zero-order valence-corrected chi connectivity index (χ0v) is 9.79. The molecule has 2 rings (SSSR count). The Labute approximate surface area is 90.8 Å². The lowest BCUT2D eigenvalue weighted by Gasteiger charge is -2.34. The molecule has 0 aromatic rings. The highest BCUT2D eigenvalue weighted by molar-refractivity contribution is 5.80. The number of hydrazine groups is 1. The van der Waals surface area contributed by atoms with Gasteiger partial charge in [0.05, 0.1) is 0 Å². The number of carbonyl (C=O) groups excluding carboxylic acids is 1. The van der Waals surface area contributed by atoms with Crippen LogP contribution in [0.1, 0.15) is 33.1 Å². The summed E-state index contributed by atoms with van der Waals surface area (Å²) >= 11 is 0. The van der Waals surface area contributed by atoms with E-state index in [4.69, 9.17) is 0 Å². The van der Waals surface area contributed by atoms with Gasteiger partial charge in [-0.3, -0.25) is 9.80 Å². The van der Waals surface area contributed by atoms with Gasteiger partial charge in [0.2, 0.25) is 5.91 Å². The van der Waals surface area contributed by atoms with Crippen molar-refractivity contribution >= 4 is 5.91 Å². The lowest BCUT2D eigenvalue weighted by Crippen LogP contribution is -2.46. The topological polar surface area (TPSA) is 43.8 Å². The van der Waals surface area contributed by atoms with Crippen molar-refractivity contribution in [2.24, 2.45) is 5.41 Å². The van der Waals surface area contributed by atoms with Gasteiger partial charge in [0, 0.05) is 37.6 Å². The molecular weight excluding hydrogens is 192 g/mol. The van der Waals surface area contributed by atoms with Crippen LogP contribution in [-0.4, -0.2) is 46.8 Å². The molecule has 0 aromatic carbocycles. The Bertz CT molecular complexity index is 284. The van der Waals surface area contributed by atoms with Crippen LogP contribution >= 0.6 is 0 Å². The number of aliphatic hydroxyl groups excluding tert-OH is 1. The average Bonchev–Trinajstić information content (AvgIpc) is 2.90. The normalized spacial score (nSPS) is 25.3. The molecule has 4 heteroatoms. The number of amides is 1. The average molecular weight is 212 g/mol. The summed E-state index contributed by atoms with van der Waals surface area (Å²) in [4.78, 5) is 11.8. The largest absolute Gasteiger partial charge is 0.396 e. The molecular formula is C11H20N2O2. The lowest BCUT2D eigenvalue weighted by molar-refractivity contribution is -0.140. The SMILES string of the molecule is CN1N(CC(C)(C)CO)C(=O)CC12CC2. The third-order valence-corrected chi connectivity index (χ3v) is 3.65. The molecule has 0 radical (unpaired) electrons. The Kier molecular flexibility index (Phi) is 2.32. The summed E-state index contributed by atoms with van der Waals surface area (Å²) in [5, 5.41) is 13.1. The monoisotopic (exact) mass is 212 g/mol. The van der Waals surface area contributed by atoms with Crippen LogP contribution in [0.25, 0.3) is 0 Å². The van der Waals surface area contributed by atoms with E-state index < -0.39 is 0 Å². The van der Waals surface area contributed by atoms with Crippen LogP contribution < -0.4 is 0 Å². The van der Waals surface area contributed by atoms with Crippen molar-refractivity contribution in [3.8, 4) is 0 Å². The molecule has 0 unspecified atom stereocenters. The van der Waals surface area contributed by atoms with Crippen LogP contribution in [0.5, 0.6) is 0 Å². The number of rotatable bonds is 3. The second-order valence-electron chi connectivity index (χ2n) is 5.70. The van der Waals surface area contributed by atoms with E-state index in [0.717, 1.165) is 12.8 Å². The Morgan fingerprint density at radius 3 is 2.47 bits per heavy atom. The molecule has 0 atom stereocenters. The second kappa shape index (κ2) is 3.19. The first kappa shape index (κ1) is 10.9. The van der Waals surface area contributed by atoms with Crippen molar-refractivity contribution in [3.63, 3.8) is 0 Å². The van der Waals surface area contributed by atoms with Gasteiger partial charge in [0.15, 0.2) is 0 Å². The minimum atomic E-state index is -0.218. The van der Waals surface area contributed by atoms with E-state index in [-0.39, 0.29) is 23.5 Å². The molecule has 1 N–H and O–H groups in total. The molecule has 4 nitrogen and oxygen atoms in total. The minimum absolute atomic E-state index is 0.109. The van der Waals surface area contributed by atoms with Gasteiger partial charge in [-0.1, -0.05) is 13.8 Å². The predicted octanol–water partition coefficient (Wildman–Crippen LogP) is 0.617. The van der Waals surface area contributed by atoms with Crippen LogP contribution in [0.3, 0.4) is 0 Å². The fourth-order valence-corrected chi connectivity index (χ4v) is 2.20. The minimum Gasteiger partial charge on any atom is -0.396 e. The quantitative estimate of drug-likeness (QED) is 0.745. The molecule has 1 spiro atoms. The molecule has 15 heavy (non-hydrogen) atoms. The summed E-state index contributed by atoms with van der Waals surface area (Å²) in [7, 11) is 1.99. The van der Waals surface area contributed by atoms with Crippen LogP contribution in [0.15, 0.2) is 0 Å². The van der Waals surface area contributed by atoms with Crippen molar-refractivity contribution in [1.29, 1.82) is 0 Å². The Morgan fingerprint density at radius 2 is 2.07 bits per heavy atom. The van der Waals surface area contributed by atoms with Crippen molar-refractivity contribution in [1.82, 2.24) is 10.0 Å². The summed E-state index contributed by atoms with van der Waals surface area (Å²) in [6.07, 6.45) is 2.92. The Balaban J connectivity index is 2.06. The number of carbonyl (C=O) groups is 1. The maximum atomic E-state index is 11.8. The van der Waals surface area contributed by atoms with Crippen LogP contribution in [0.2, 0.25) is 0 Å². The zero-order chi connectivity index (χ0) is 11.3. The van der Waals surface area contributed by atoms with Gasteiger partial charge < -0.3 is 5.11 Å². The standard InChI is InChI=1S/C11H20N2O2/c1-10(2,8-14)7-13-9(15)6-11(4-5-11)12(13)3/h14H,4-8H2,1-3H3. The summed E-state index contributed by atoms with van der Waals surface area (Å²) in [6, 6.07) is 0. The summed E-state index contributed by atoms with van der Waals surface area (Å²) in [6.45, 7) is 4.68. The number of aliphatic hydroxyl groups is 1. The maximum Gasteiger partial charge on any atom is 0.238 e. The van der Waals surface area contributed by atoms with E-state index in [1.165, 1.54) is 0 Å². The predicted molar refractivity (Wildman–Crippen MR) is 56.9 cm³/mol. The zero-order valence-electron chi connectivity index (χ0n) is 9.79. The molecule has 86 valence electrons.